The summed E-state index contributed by atoms with van der Waals surface area (Å²) in [6, 6.07) is 0.611. The van der Waals surface area contributed by atoms with Crippen molar-refractivity contribution >= 4 is 5.91 Å². The summed E-state index contributed by atoms with van der Waals surface area (Å²) in [4.78, 5) is 15.8. The Morgan fingerprint density at radius 2 is 1.83 bits per heavy atom. The van der Waals surface area contributed by atoms with Crippen molar-refractivity contribution in [3.63, 3.8) is 0 Å². The zero-order valence-corrected chi connectivity index (χ0v) is 16.5. The molecule has 2 aliphatic heterocycles. The topological polar surface area (TPSA) is 38.8 Å². The van der Waals surface area contributed by atoms with E-state index in [-0.39, 0.29) is 12.0 Å². The zero-order chi connectivity index (χ0) is 17.9. The standard InChI is InChI=1S/C20H37NO3/c1-13(2)18-11-17(12-23-6)15(5)21(18)20(22)19(14(3)4)16-7-9-24-10-8-16/h13-19H,7-12H2,1-6H3/t15?,17?,18-,19?/m0/s1. The van der Waals surface area contributed by atoms with Crippen LogP contribution in [0.3, 0.4) is 0 Å². The molecule has 3 unspecified atom stereocenters. The van der Waals surface area contributed by atoms with Crippen LogP contribution < -0.4 is 0 Å². The molecule has 0 aromatic heterocycles. The van der Waals surface area contributed by atoms with Gasteiger partial charge < -0.3 is 14.4 Å². The summed E-state index contributed by atoms with van der Waals surface area (Å²) in [5.74, 6) is 2.28. The van der Waals surface area contributed by atoms with Crippen molar-refractivity contribution in [2.75, 3.05) is 26.9 Å². The summed E-state index contributed by atoms with van der Waals surface area (Å²) in [5.41, 5.74) is 0. The lowest BCUT2D eigenvalue weighted by Gasteiger charge is -2.39. The van der Waals surface area contributed by atoms with Crippen molar-refractivity contribution in [2.45, 2.75) is 66.0 Å². The summed E-state index contributed by atoms with van der Waals surface area (Å²) >= 11 is 0. The predicted octanol–water partition coefficient (Wildman–Crippen LogP) is 3.59. The molecule has 4 nitrogen and oxygen atoms in total. The van der Waals surface area contributed by atoms with Crippen LogP contribution >= 0.6 is 0 Å². The minimum atomic E-state index is 0.124. The lowest BCUT2D eigenvalue weighted by Crippen LogP contribution is -2.49. The van der Waals surface area contributed by atoms with E-state index >= 15 is 0 Å². The Morgan fingerprint density at radius 1 is 1.21 bits per heavy atom. The van der Waals surface area contributed by atoms with Gasteiger partial charge in [-0.25, -0.2) is 0 Å². The van der Waals surface area contributed by atoms with Crippen LogP contribution in [0.1, 0.15) is 53.9 Å². The first kappa shape index (κ1) is 19.7. The van der Waals surface area contributed by atoms with Gasteiger partial charge in [-0.3, -0.25) is 4.79 Å². The Kier molecular flexibility index (Phi) is 7.11. The van der Waals surface area contributed by atoms with E-state index in [4.69, 9.17) is 9.47 Å². The Hall–Kier alpha value is -0.610. The molecule has 0 aliphatic carbocycles. The average molecular weight is 340 g/mol. The van der Waals surface area contributed by atoms with Crippen molar-refractivity contribution in [2.24, 2.45) is 29.6 Å². The minimum absolute atomic E-state index is 0.124. The lowest BCUT2D eigenvalue weighted by atomic mass is 9.77. The molecule has 0 bridgehead atoms. The van der Waals surface area contributed by atoms with Crippen LogP contribution in [0.15, 0.2) is 0 Å². The molecule has 4 heteroatoms. The maximum absolute atomic E-state index is 13.6. The fourth-order valence-electron chi connectivity index (χ4n) is 4.81. The molecule has 2 saturated heterocycles. The third kappa shape index (κ3) is 4.13. The van der Waals surface area contributed by atoms with E-state index in [1.165, 1.54) is 0 Å². The van der Waals surface area contributed by atoms with Crippen LogP contribution in [0.25, 0.3) is 0 Å². The number of carbonyl (C=O) groups excluding carboxylic acids is 1. The predicted molar refractivity (Wildman–Crippen MR) is 96.8 cm³/mol. The number of amides is 1. The molecule has 2 fully saturated rings. The molecule has 0 aromatic rings. The molecule has 0 N–H and O–H groups in total. The molecule has 1 amide bonds. The second-order valence-corrected chi connectivity index (χ2v) is 8.47. The number of ether oxygens (including phenoxy) is 2. The fourth-order valence-corrected chi connectivity index (χ4v) is 4.81. The minimum Gasteiger partial charge on any atom is -0.384 e. The highest BCUT2D eigenvalue weighted by Gasteiger charge is 2.46. The first-order chi connectivity index (χ1) is 11.4. The highest BCUT2D eigenvalue weighted by Crippen LogP contribution is 2.39. The third-order valence-corrected chi connectivity index (χ3v) is 6.20. The van der Waals surface area contributed by atoms with Gasteiger partial charge in [-0.05, 0) is 43.9 Å². The lowest BCUT2D eigenvalue weighted by molar-refractivity contribution is -0.144. The molecule has 0 aromatic carbocycles. The zero-order valence-electron chi connectivity index (χ0n) is 16.5. The van der Waals surface area contributed by atoms with Crippen LogP contribution in [0.4, 0.5) is 0 Å². The normalized spacial score (nSPS) is 30.3. The number of rotatable bonds is 6. The molecule has 0 saturated carbocycles. The Morgan fingerprint density at radius 3 is 2.33 bits per heavy atom. The van der Waals surface area contributed by atoms with E-state index in [1.807, 2.05) is 0 Å². The quantitative estimate of drug-likeness (QED) is 0.742. The van der Waals surface area contributed by atoms with Gasteiger partial charge in [-0.2, -0.15) is 0 Å². The number of likely N-dealkylation sites (tertiary alicyclic amines) is 1. The summed E-state index contributed by atoms with van der Waals surface area (Å²) < 4.78 is 10.9. The molecule has 4 atom stereocenters. The van der Waals surface area contributed by atoms with Crippen LogP contribution in [0.5, 0.6) is 0 Å². The molecule has 2 rings (SSSR count). The first-order valence-corrected chi connectivity index (χ1v) is 9.77. The van der Waals surface area contributed by atoms with E-state index in [0.717, 1.165) is 39.1 Å². The van der Waals surface area contributed by atoms with E-state index in [1.54, 1.807) is 7.11 Å². The Bertz CT molecular complexity index is 404. The van der Waals surface area contributed by atoms with Gasteiger partial charge in [0, 0.05) is 44.2 Å². The summed E-state index contributed by atoms with van der Waals surface area (Å²) in [7, 11) is 1.76. The summed E-state index contributed by atoms with van der Waals surface area (Å²) in [6.45, 7) is 13.5. The van der Waals surface area contributed by atoms with Gasteiger partial charge in [-0.1, -0.05) is 27.7 Å². The van der Waals surface area contributed by atoms with Gasteiger partial charge in [0.1, 0.15) is 0 Å². The van der Waals surface area contributed by atoms with Gasteiger partial charge in [0.2, 0.25) is 5.91 Å². The number of hydrogen-bond donors (Lipinski definition) is 0. The van der Waals surface area contributed by atoms with Crippen molar-refractivity contribution in [3.8, 4) is 0 Å². The molecule has 0 radical (unpaired) electrons. The van der Waals surface area contributed by atoms with Gasteiger partial charge in [0.25, 0.3) is 0 Å². The van der Waals surface area contributed by atoms with Crippen LogP contribution in [0, 0.1) is 29.6 Å². The smallest absolute Gasteiger partial charge is 0.226 e. The maximum atomic E-state index is 13.6. The number of nitrogens with zero attached hydrogens (tertiary/aromatic N) is 1. The highest BCUT2D eigenvalue weighted by atomic mass is 16.5. The van der Waals surface area contributed by atoms with E-state index in [9.17, 15) is 4.79 Å². The van der Waals surface area contributed by atoms with Gasteiger partial charge in [-0.15, -0.1) is 0 Å². The molecular formula is C20H37NO3. The average Bonchev–Trinajstić information content (AvgIpc) is 2.86. The largest absolute Gasteiger partial charge is 0.384 e. The van der Waals surface area contributed by atoms with E-state index in [2.05, 4.69) is 39.5 Å². The monoisotopic (exact) mass is 339 g/mol. The Labute approximate surface area is 148 Å². The molecule has 24 heavy (non-hydrogen) atoms. The first-order valence-electron chi connectivity index (χ1n) is 9.77. The number of carbonyl (C=O) groups is 1. The van der Waals surface area contributed by atoms with Crippen molar-refractivity contribution < 1.29 is 14.3 Å². The van der Waals surface area contributed by atoms with Crippen LogP contribution in [-0.2, 0) is 14.3 Å². The second kappa shape index (κ2) is 8.66. The number of hydrogen-bond acceptors (Lipinski definition) is 3. The van der Waals surface area contributed by atoms with Crippen molar-refractivity contribution in [1.82, 2.24) is 4.90 Å². The Balaban J connectivity index is 2.21. The number of methoxy groups -OCH3 is 1. The third-order valence-electron chi connectivity index (χ3n) is 6.20. The van der Waals surface area contributed by atoms with E-state index < -0.39 is 0 Å². The summed E-state index contributed by atoms with van der Waals surface area (Å²) in [6.07, 6.45) is 3.10. The van der Waals surface area contributed by atoms with Crippen molar-refractivity contribution in [3.05, 3.63) is 0 Å². The molecular weight excluding hydrogens is 302 g/mol. The van der Waals surface area contributed by atoms with Gasteiger partial charge >= 0.3 is 0 Å². The summed E-state index contributed by atoms with van der Waals surface area (Å²) in [5, 5.41) is 0. The molecule has 0 spiro atoms. The van der Waals surface area contributed by atoms with Crippen LogP contribution in [0.2, 0.25) is 0 Å². The fraction of sp³-hybridized carbons (Fsp3) is 0.950. The molecule has 140 valence electrons. The van der Waals surface area contributed by atoms with Gasteiger partial charge in [0.05, 0.1) is 6.61 Å². The molecule has 2 heterocycles. The second-order valence-electron chi connectivity index (χ2n) is 8.47. The van der Waals surface area contributed by atoms with Crippen LogP contribution in [-0.4, -0.2) is 49.8 Å². The SMILES string of the molecule is COCC1C[C@@H](C(C)C)N(C(=O)C(C(C)C)C2CCOCC2)C1C. The van der Waals surface area contributed by atoms with Gasteiger partial charge in [0.15, 0.2) is 0 Å². The van der Waals surface area contributed by atoms with Crippen molar-refractivity contribution in [1.29, 1.82) is 0 Å². The van der Waals surface area contributed by atoms with E-state index in [0.29, 0.717) is 35.6 Å². The molecule has 2 aliphatic rings. The highest BCUT2D eigenvalue weighted by molar-refractivity contribution is 5.80. The maximum Gasteiger partial charge on any atom is 0.226 e.